The van der Waals surface area contributed by atoms with Crippen LogP contribution in [0.4, 0.5) is 0 Å². The van der Waals surface area contributed by atoms with Gasteiger partial charge < -0.3 is 4.98 Å². The maximum atomic E-state index is 12.5. The molecule has 2 fully saturated rings. The van der Waals surface area contributed by atoms with Crippen LogP contribution in [0.1, 0.15) is 30.4 Å². The van der Waals surface area contributed by atoms with E-state index in [1.807, 2.05) is 12.1 Å². The monoisotopic (exact) mass is 358 g/mol. The van der Waals surface area contributed by atoms with Crippen LogP contribution in [0.15, 0.2) is 53.3 Å². The summed E-state index contributed by atoms with van der Waals surface area (Å²) in [4.78, 5) is 18.1. The maximum Gasteiger partial charge on any atom is 0.256 e. The van der Waals surface area contributed by atoms with E-state index in [1.54, 1.807) is 0 Å². The highest BCUT2D eigenvalue weighted by atomic mass is 16.1. The lowest BCUT2D eigenvalue weighted by Crippen LogP contribution is -2.35. The molecule has 3 heteroatoms. The van der Waals surface area contributed by atoms with E-state index in [0.29, 0.717) is 0 Å². The predicted molar refractivity (Wildman–Crippen MR) is 111 cm³/mol. The Labute approximate surface area is 160 Å². The maximum absolute atomic E-state index is 12.5. The molecule has 3 nitrogen and oxygen atoms in total. The molecule has 2 bridgehead atoms. The van der Waals surface area contributed by atoms with Crippen LogP contribution in [0.3, 0.4) is 0 Å². The largest absolute Gasteiger partial charge is 0.321 e. The van der Waals surface area contributed by atoms with E-state index in [9.17, 15) is 4.79 Å². The molecule has 2 unspecified atom stereocenters. The normalized spacial score (nSPS) is 22.4. The Morgan fingerprint density at radius 1 is 1.00 bits per heavy atom. The lowest BCUT2D eigenvalue weighted by atomic mass is 9.98. The molecular weight excluding hydrogens is 332 g/mol. The fourth-order valence-corrected chi connectivity index (χ4v) is 5.09. The van der Waals surface area contributed by atoms with Crippen molar-refractivity contribution in [1.29, 1.82) is 0 Å². The van der Waals surface area contributed by atoms with Crippen molar-refractivity contribution in [1.82, 2.24) is 9.88 Å². The number of nitrogens with one attached hydrogen (secondary N) is 1. The highest BCUT2D eigenvalue weighted by molar-refractivity contribution is 5.87. The molecule has 1 aliphatic heterocycles. The van der Waals surface area contributed by atoms with E-state index in [2.05, 4.69) is 53.2 Å². The van der Waals surface area contributed by atoms with Gasteiger partial charge in [-0.2, -0.15) is 0 Å². The van der Waals surface area contributed by atoms with Gasteiger partial charge in [-0.3, -0.25) is 9.69 Å². The van der Waals surface area contributed by atoms with E-state index >= 15 is 0 Å². The van der Waals surface area contributed by atoms with Crippen molar-refractivity contribution in [2.24, 2.45) is 11.8 Å². The number of H-pyrrole nitrogens is 1. The number of fused-ring (bicyclic) bond motifs is 3. The number of nitrogens with zero attached hydrogens (tertiary/aromatic N) is 1. The first-order valence-corrected chi connectivity index (χ1v) is 10.1. The van der Waals surface area contributed by atoms with Crippen LogP contribution in [-0.4, -0.2) is 23.0 Å². The van der Waals surface area contributed by atoms with Crippen molar-refractivity contribution in [2.45, 2.75) is 32.7 Å². The van der Waals surface area contributed by atoms with Gasteiger partial charge in [-0.15, -0.1) is 0 Å². The Kier molecular flexibility index (Phi) is 4.13. The Morgan fingerprint density at radius 3 is 2.48 bits per heavy atom. The minimum atomic E-state index is -0.0148. The van der Waals surface area contributed by atoms with Crippen LogP contribution < -0.4 is 5.56 Å². The van der Waals surface area contributed by atoms with Gasteiger partial charge in [-0.05, 0) is 72.2 Å². The molecule has 138 valence electrons. The Balaban J connectivity index is 1.39. The predicted octanol–water partition coefficient (Wildman–Crippen LogP) is 4.74. The van der Waals surface area contributed by atoms with Crippen LogP contribution in [0.2, 0.25) is 0 Å². The van der Waals surface area contributed by atoms with Gasteiger partial charge in [0, 0.05) is 30.7 Å². The second kappa shape index (κ2) is 6.65. The van der Waals surface area contributed by atoms with Gasteiger partial charge in [0.2, 0.25) is 0 Å². The summed E-state index contributed by atoms with van der Waals surface area (Å²) in [5, 5.41) is 1.79. The van der Waals surface area contributed by atoms with E-state index < -0.39 is 0 Å². The quantitative estimate of drug-likeness (QED) is 0.734. The number of likely N-dealkylation sites (tertiary alicyclic amines) is 1. The summed E-state index contributed by atoms with van der Waals surface area (Å²) in [6.45, 7) is 5.62. The zero-order valence-electron chi connectivity index (χ0n) is 15.9. The smallest absolute Gasteiger partial charge is 0.256 e. The summed E-state index contributed by atoms with van der Waals surface area (Å²) >= 11 is 0. The van der Waals surface area contributed by atoms with E-state index in [0.717, 1.165) is 46.0 Å². The molecule has 5 rings (SSSR count). The molecule has 0 amide bonds. The first-order valence-electron chi connectivity index (χ1n) is 10.1. The lowest BCUT2D eigenvalue weighted by molar-refractivity contribution is 0.161. The molecule has 0 spiro atoms. The van der Waals surface area contributed by atoms with E-state index in [-0.39, 0.29) is 5.56 Å². The number of aryl methyl sites for hydroxylation is 1. The number of rotatable bonds is 3. The first-order chi connectivity index (χ1) is 13.2. The molecular formula is C24H26N2O. The molecule has 1 saturated carbocycles. The summed E-state index contributed by atoms with van der Waals surface area (Å²) in [7, 11) is 0. The summed E-state index contributed by atoms with van der Waals surface area (Å²) in [6.07, 6.45) is 4.30. The highest BCUT2D eigenvalue weighted by Crippen LogP contribution is 2.36. The summed E-state index contributed by atoms with van der Waals surface area (Å²) in [6, 6.07) is 16.7. The molecule has 1 saturated heterocycles. The second-order valence-corrected chi connectivity index (χ2v) is 8.48. The SMILES string of the molecule is Cc1cccc2c(=O)[nH]c(-c3ccc(CN4CC5CCC(C5)C4)cc3)cc12. The van der Waals surface area contributed by atoms with Gasteiger partial charge in [-0.1, -0.05) is 36.4 Å². The van der Waals surface area contributed by atoms with Crippen molar-refractivity contribution in [2.75, 3.05) is 13.1 Å². The molecule has 1 N–H and O–H groups in total. The van der Waals surface area contributed by atoms with Gasteiger partial charge in [0.05, 0.1) is 0 Å². The van der Waals surface area contributed by atoms with Gasteiger partial charge in [0.25, 0.3) is 5.56 Å². The molecule has 2 aliphatic rings. The number of benzene rings is 2. The third-order valence-corrected chi connectivity index (χ3v) is 6.46. The number of aromatic nitrogens is 1. The number of pyridine rings is 1. The fourth-order valence-electron chi connectivity index (χ4n) is 5.09. The molecule has 2 heterocycles. The number of hydrogen-bond acceptors (Lipinski definition) is 2. The van der Waals surface area contributed by atoms with Crippen LogP contribution in [0.5, 0.6) is 0 Å². The minimum Gasteiger partial charge on any atom is -0.321 e. The van der Waals surface area contributed by atoms with E-state index in [1.165, 1.54) is 37.9 Å². The van der Waals surface area contributed by atoms with Gasteiger partial charge >= 0.3 is 0 Å². The van der Waals surface area contributed by atoms with Crippen LogP contribution >= 0.6 is 0 Å². The second-order valence-electron chi connectivity index (χ2n) is 8.48. The number of aromatic amines is 1. The molecule has 2 atom stereocenters. The average molecular weight is 358 g/mol. The molecule has 3 aromatic rings. The highest BCUT2D eigenvalue weighted by Gasteiger charge is 2.32. The zero-order valence-corrected chi connectivity index (χ0v) is 15.9. The zero-order chi connectivity index (χ0) is 18.4. The van der Waals surface area contributed by atoms with Gasteiger partial charge in [0.15, 0.2) is 0 Å². The van der Waals surface area contributed by atoms with Gasteiger partial charge in [-0.25, -0.2) is 0 Å². The lowest BCUT2D eigenvalue weighted by Gasteiger charge is -2.31. The molecule has 27 heavy (non-hydrogen) atoms. The van der Waals surface area contributed by atoms with Crippen LogP contribution in [0, 0.1) is 18.8 Å². The number of piperidine rings is 1. The van der Waals surface area contributed by atoms with Gasteiger partial charge in [0.1, 0.15) is 0 Å². The Morgan fingerprint density at radius 2 is 1.74 bits per heavy atom. The van der Waals surface area contributed by atoms with Crippen LogP contribution in [-0.2, 0) is 6.54 Å². The van der Waals surface area contributed by atoms with Crippen LogP contribution in [0.25, 0.3) is 22.0 Å². The average Bonchev–Trinajstić information content (AvgIpc) is 3.01. The molecule has 0 radical (unpaired) electrons. The minimum absolute atomic E-state index is 0.0148. The fraction of sp³-hybridized carbons (Fsp3) is 0.375. The Bertz CT molecular complexity index is 1020. The number of hydrogen-bond donors (Lipinski definition) is 1. The van der Waals surface area contributed by atoms with Crippen molar-refractivity contribution in [3.8, 4) is 11.3 Å². The van der Waals surface area contributed by atoms with Crippen molar-refractivity contribution < 1.29 is 0 Å². The third-order valence-electron chi connectivity index (χ3n) is 6.46. The summed E-state index contributed by atoms with van der Waals surface area (Å²) in [5.74, 6) is 1.85. The molecule has 1 aromatic heterocycles. The summed E-state index contributed by atoms with van der Waals surface area (Å²) < 4.78 is 0. The molecule has 2 aromatic carbocycles. The molecule has 1 aliphatic carbocycles. The standard InChI is InChI=1S/C24H26N2O/c1-16-3-2-4-21-22(16)12-23(25-24(21)27)20-9-7-17(8-10-20)13-26-14-18-5-6-19(11-18)15-26/h2-4,7-10,12,18-19H,5-6,11,13-15H2,1H3,(H,25,27). The van der Waals surface area contributed by atoms with Crippen molar-refractivity contribution in [3.63, 3.8) is 0 Å². The third kappa shape index (κ3) is 3.21. The summed E-state index contributed by atoms with van der Waals surface area (Å²) in [5.41, 5.74) is 4.44. The van der Waals surface area contributed by atoms with Crippen molar-refractivity contribution in [3.05, 3.63) is 70.0 Å². The van der Waals surface area contributed by atoms with E-state index in [4.69, 9.17) is 0 Å². The Hall–Kier alpha value is -2.39. The topological polar surface area (TPSA) is 36.1 Å². The van der Waals surface area contributed by atoms with Crippen molar-refractivity contribution >= 4 is 10.8 Å². The first kappa shape index (κ1) is 16.8.